The zero-order valence-corrected chi connectivity index (χ0v) is 13.8. The molecule has 23 heavy (non-hydrogen) atoms. The molecule has 1 amide bonds. The molecule has 0 radical (unpaired) electrons. The van der Waals surface area contributed by atoms with Gasteiger partial charge in [0.2, 0.25) is 0 Å². The van der Waals surface area contributed by atoms with E-state index >= 15 is 0 Å². The molecule has 1 aliphatic rings. The van der Waals surface area contributed by atoms with Gasteiger partial charge in [0.05, 0.1) is 0 Å². The standard InChI is InChI=1S/C18H25NO4/c1-12-9-10-16(20)15(11-12)18(22)23-13(2)17(21)19-14-7-5-3-4-6-8-14/h9-11,13-14,20H,3-8H2,1-2H3,(H,19,21)/t13-/m1/s1. The number of aryl methyl sites for hydroxylation is 1. The van der Waals surface area contributed by atoms with Gasteiger partial charge in [0.1, 0.15) is 11.3 Å². The summed E-state index contributed by atoms with van der Waals surface area (Å²) < 4.78 is 5.20. The lowest BCUT2D eigenvalue weighted by atomic mass is 10.1. The van der Waals surface area contributed by atoms with E-state index in [4.69, 9.17) is 4.74 Å². The maximum Gasteiger partial charge on any atom is 0.342 e. The Balaban J connectivity index is 1.92. The summed E-state index contributed by atoms with van der Waals surface area (Å²) in [6.07, 6.45) is 5.74. The van der Waals surface area contributed by atoms with Gasteiger partial charge in [0.25, 0.3) is 5.91 Å². The van der Waals surface area contributed by atoms with Crippen molar-refractivity contribution < 1.29 is 19.4 Å². The molecule has 0 aromatic heterocycles. The van der Waals surface area contributed by atoms with Gasteiger partial charge in [-0.1, -0.05) is 37.3 Å². The van der Waals surface area contributed by atoms with Crippen molar-refractivity contribution in [2.24, 2.45) is 0 Å². The number of phenolic OH excluding ortho intramolecular Hbond substituents is 1. The van der Waals surface area contributed by atoms with Crippen molar-refractivity contribution in [3.05, 3.63) is 29.3 Å². The minimum Gasteiger partial charge on any atom is -0.507 e. The van der Waals surface area contributed by atoms with E-state index in [1.54, 1.807) is 19.1 Å². The molecule has 5 heteroatoms. The van der Waals surface area contributed by atoms with Gasteiger partial charge in [-0.3, -0.25) is 4.79 Å². The molecule has 1 aromatic carbocycles. The van der Waals surface area contributed by atoms with E-state index < -0.39 is 12.1 Å². The Morgan fingerprint density at radius 2 is 1.87 bits per heavy atom. The van der Waals surface area contributed by atoms with Crippen LogP contribution in [0.15, 0.2) is 18.2 Å². The number of amides is 1. The summed E-state index contributed by atoms with van der Waals surface area (Å²) in [7, 11) is 0. The zero-order valence-electron chi connectivity index (χ0n) is 13.8. The molecule has 0 saturated heterocycles. The van der Waals surface area contributed by atoms with Crippen LogP contribution in [-0.2, 0) is 9.53 Å². The molecular formula is C18H25NO4. The third-order valence-corrected chi connectivity index (χ3v) is 4.23. The van der Waals surface area contributed by atoms with E-state index in [1.165, 1.54) is 18.9 Å². The van der Waals surface area contributed by atoms with Crippen molar-refractivity contribution >= 4 is 11.9 Å². The lowest BCUT2D eigenvalue weighted by molar-refractivity contribution is -0.129. The highest BCUT2D eigenvalue weighted by atomic mass is 16.5. The van der Waals surface area contributed by atoms with Crippen LogP contribution in [0.25, 0.3) is 0 Å². The minimum absolute atomic E-state index is 0.0825. The van der Waals surface area contributed by atoms with Crippen LogP contribution in [0.3, 0.4) is 0 Å². The van der Waals surface area contributed by atoms with Crippen molar-refractivity contribution in [1.29, 1.82) is 0 Å². The Bertz CT molecular complexity index is 562. The first-order valence-corrected chi connectivity index (χ1v) is 8.28. The number of ether oxygens (including phenoxy) is 1. The van der Waals surface area contributed by atoms with Gasteiger partial charge in [-0.05, 0) is 38.8 Å². The summed E-state index contributed by atoms with van der Waals surface area (Å²) in [5.74, 6) is -1.11. The van der Waals surface area contributed by atoms with Gasteiger partial charge in [-0.2, -0.15) is 0 Å². The Labute approximate surface area is 137 Å². The second-order valence-electron chi connectivity index (χ2n) is 6.27. The summed E-state index contributed by atoms with van der Waals surface area (Å²) in [4.78, 5) is 24.3. The van der Waals surface area contributed by atoms with Crippen molar-refractivity contribution in [1.82, 2.24) is 5.32 Å². The average Bonchev–Trinajstić information content (AvgIpc) is 2.78. The fraction of sp³-hybridized carbons (Fsp3) is 0.556. The SMILES string of the molecule is Cc1ccc(O)c(C(=O)O[C@H](C)C(=O)NC2CCCCCC2)c1. The molecule has 5 nitrogen and oxygen atoms in total. The highest BCUT2D eigenvalue weighted by Gasteiger charge is 2.23. The number of benzene rings is 1. The third-order valence-electron chi connectivity index (χ3n) is 4.23. The maximum absolute atomic E-state index is 12.2. The first kappa shape index (κ1) is 17.3. The van der Waals surface area contributed by atoms with Crippen LogP contribution < -0.4 is 5.32 Å². The van der Waals surface area contributed by atoms with Crippen LogP contribution in [0, 0.1) is 6.92 Å². The van der Waals surface area contributed by atoms with E-state index in [9.17, 15) is 14.7 Å². The summed E-state index contributed by atoms with van der Waals surface area (Å²) in [5.41, 5.74) is 0.921. The number of hydrogen-bond acceptors (Lipinski definition) is 4. The van der Waals surface area contributed by atoms with Crippen LogP contribution in [0.1, 0.15) is 61.4 Å². The van der Waals surface area contributed by atoms with E-state index in [1.807, 2.05) is 6.92 Å². The first-order valence-electron chi connectivity index (χ1n) is 8.28. The summed E-state index contributed by atoms with van der Waals surface area (Å²) in [6.45, 7) is 3.37. The molecular weight excluding hydrogens is 294 g/mol. The Kier molecular flexibility index (Phi) is 6.02. The Morgan fingerprint density at radius 1 is 1.22 bits per heavy atom. The Morgan fingerprint density at radius 3 is 2.52 bits per heavy atom. The lowest BCUT2D eigenvalue weighted by Crippen LogP contribution is -2.41. The maximum atomic E-state index is 12.2. The zero-order chi connectivity index (χ0) is 16.8. The molecule has 1 aromatic rings. The average molecular weight is 319 g/mol. The number of aromatic hydroxyl groups is 1. The Hall–Kier alpha value is -2.04. The van der Waals surface area contributed by atoms with Crippen molar-refractivity contribution in [2.75, 3.05) is 0 Å². The molecule has 1 atom stereocenters. The summed E-state index contributed by atoms with van der Waals surface area (Å²) in [5, 5.41) is 12.7. The van der Waals surface area contributed by atoms with Gasteiger partial charge in [0.15, 0.2) is 6.10 Å². The van der Waals surface area contributed by atoms with Gasteiger partial charge in [-0.15, -0.1) is 0 Å². The smallest absolute Gasteiger partial charge is 0.342 e. The monoisotopic (exact) mass is 319 g/mol. The second-order valence-corrected chi connectivity index (χ2v) is 6.27. The molecule has 0 aliphatic heterocycles. The van der Waals surface area contributed by atoms with E-state index in [2.05, 4.69) is 5.32 Å². The molecule has 126 valence electrons. The minimum atomic E-state index is -0.884. The van der Waals surface area contributed by atoms with Crippen LogP contribution in [0.4, 0.5) is 0 Å². The molecule has 2 N–H and O–H groups in total. The van der Waals surface area contributed by atoms with E-state index in [-0.39, 0.29) is 23.3 Å². The van der Waals surface area contributed by atoms with Gasteiger partial charge >= 0.3 is 5.97 Å². The topological polar surface area (TPSA) is 75.6 Å². The summed E-state index contributed by atoms with van der Waals surface area (Å²) in [6, 6.07) is 4.86. The number of phenols is 1. The van der Waals surface area contributed by atoms with Gasteiger partial charge in [0, 0.05) is 6.04 Å². The molecule has 1 aliphatic carbocycles. The number of hydrogen-bond donors (Lipinski definition) is 2. The third kappa shape index (κ3) is 4.98. The fourth-order valence-electron chi connectivity index (χ4n) is 2.83. The first-order chi connectivity index (χ1) is 11.0. The number of carbonyl (C=O) groups excluding carboxylic acids is 2. The largest absolute Gasteiger partial charge is 0.507 e. The molecule has 0 heterocycles. The summed E-state index contributed by atoms with van der Waals surface area (Å²) >= 11 is 0. The van der Waals surface area contributed by atoms with Crippen LogP contribution in [0.5, 0.6) is 5.75 Å². The van der Waals surface area contributed by atoms with Crippen LogP contribution in [-0.4, -0.2) is 29.1 Å². The highest BCUT2D eigenvalue weighted by Crippen LogP contribution is 2.20. The number of esters is 1. The van der Waals surface area contributed by atoms with E-state index in [0.717, 1.165) is 31.2 Å². The predicted octanol–water partition coefficient (Wildman–Crippen LogP) is 3.08. The van der Waals surface area contributed by atoms with Crippen LogP contribution in [0.2, 0.25) is 0 Å². The lowest BCUT2D eigenvalue weighted by Gasteiger charge is -2.19. The quantitative estimate of drug-likeness (QED) is 0.660. The van der Waals surface area contributed by atoms with Crippen molar-refractivity contribution in [3.63, 3.8) is 0 Å². The molecule has 0 spiro atoms. The molecule has 1 saturated carbocycles. The number of nitrogens with one attached hydrogen (secondary N) is 1. The highest BCUT2D eigenvalue weighted by molar-refractivity contribution is 5.94. The molecule has 0 unspecified atom stereocenters. The fourth-order valence-corrected chi connectivity index (χ4v) is 2.83. The van der Waals surface area contributed by atoms with E-state index in [0.29, 0.717) is 0 Å². The molecule has 2 rings (SSSR count). The van der Waals surface area contributed by atoms with Crippen molar-refractivity contribution in [2.45, 2.75) is 64.5 Å². The normalized spacial score (nSPS) is 17.1. The van der Waals surface area contributed by atoms with Crippen LogP contribution >= 0.6 is 0 Å². The predicted molar refractivity (Wildman–Crippen MR) is 87.4 cm³/mol. The second kappa shape index (κ2) is 7.99. The molecule has 0 bridgehead atoms. The van der Waals surface area contributed by atoms with Gasteiger partial charge < -0.3 is 15.2 Å². The molecule has 1 fully saturated rings. The van der Waals surface area contributed by atoms with Crippen molar-refractivity contribution in [3.8, 4) is 5.75 Å². The van der Waals surface area contributed by atoms with Gasteiger partial charge in [-0.25, -0.2) is 4.79 Å². The number of carbonyl (C=O) groups is 2. The number of rotatable bonds is 4.